The number of ether oxygens (including phenoxy) is 1. The molecular weight excluding hydrogens is 332 g/mol. The molecule has 3 rings (SSSR count). The van der Waals surface area contributed by atoms with Crippen LogP contribution in [0.1, 0.15) is 44.1 Å². The molecule has 27 heavy (non-hydrogen) atoms. The van der Waals surface area contributed by atoms with Crippen LogP contribution in [0.5, 0.6) is 5.75 Å². The van der Waals surface area contributed by atoms with Crippen molar-refractivity contribution in [3.05, 3.63) is 66.4 Å². The lowest BCUT2D eigenvalue weighted by Crippen LogP contribution is -1.98. The molecule has 1 aromatic heterocycles. The van der Waals surface area contributed by atoms with Gasteiger partial charge in [0, 0.05) is 18.3 Å². The first-order valence-corrected chi connectivity index (χ1v) is 9.99. The number of fused-ring (bicyclic) bond motifs is 1. The van der Waals surface area contributed by atoms with E-state index in [9.17, 15) is 0 Å². The zero-order valence-corrected chi connectivity index (χ0v) is 15.9. The predicted octanol–water partition coefficient (Wildman–Crippen LogP) is 6.13. The average molecular weight is 361 g/mol. The molecule has 0 aliphatic carbocycles. The van der Waals surface area contributed by atoms with Crippen molar-refractivity contribution in [2.75, 3.05) is 6.61 Å². The number of aromatic nitrogens is 1. The van der Waals surface area contributed by atoms with Gasteiger partial charge in [0.05, 0.1) is 19.1 Å². The lowest BCUT2D eigenvalue weighted by molar-refractivity contribution is 0.304. The molecule has 2 aromatic carbocycles. The van der Waals surface area contributed by atoms with E-state index in [1.165, 1.54) is 43.0 Å². The largest absolute Gasteiger partial charge is 0.494 e. The summed E-state index contributed by atoms with van der Waals surface area (Å²) in [6.07, 6.45) is 10.1. The summed E-state index contributed by atoms with van der Waals surface area (Å²) in [7, 11) is 0. The smallest absolute Gasteiger partial charge is 0.119 e. The van der Waals surface area contributed by atoms with Crippen LogP contribution in [-0.2, 0) is 13.0 Å². The summed E-state index contributed by atoms with van der Waals surface area (Å²) >= 11 is 0. The van der Waals surface area contributed by atoms with Crippen molar-refractivity contribution >= 4 is 10.9 Å². The zero-order chi connectivity index (χ0) is 18.7. The van der Waals surface area contributed by atoms with Crippen LogP contribution in [0.15, 0.2) is 60.8 Å². The molecule has 0 atom stereocenters. The molecule has 0 bridgehead atoms. The molecule has 0 fully saturated rings. The number of benzene rings is 2. The van der Waals surface area contributed by atoms with Crippen LogP contribution < -0.4 is 4.74 Å². The number of nitrogens with zero attached hydrogens (tertiary/aromatic N) is 2. The minimum atomic E-state index is 0.459. The summed E-state index contributed by atoms with van der Waals surface area (Å²) in [6.45, 7) is 1.88. The normalized spacial score (nSPS) is 10.8. The van der Waals surface area contributed by atoms with Gasteiger partial charge in [0.15, 0.2) is 0 Å². The highest BCUT2D eigenvalue weighted by Gasteiger charge is 2.00. The molecule has 3 heteroatoms. The second-order valence-electron chi connectivity index (χ2n) is 7.02. The van der Waals surface area contributed by atoms with Crippen LogP contribution in [-0.4, -0.2) is 11.2 Å². The maximum atomic E-state index is 8.67. The topological polar surface area (TPSA) is 37.9 Å². The van der Waals surface area contributed by atoms with Crippen LogP contribution in [0.4, 0.5) is 0 Å². The van der Waals surface area contributed by atoms with Gasteiger partial charge in [0.25, 0.3) is 0 Å². The van der Waals surface area contributed by atoms with E-state index >= 15 is 0 Å². The van der Waals surface area contributed by atoms with Crippen molar-refractivity contribution in [1.29, 1.82) is 5.26 Å². The summed E-state index contributed by atoms with van der Waals surface area (Å²) in [5, 5.41) is 10.0. The van der Waals surface area contributed by atoms with Gasteiger partial charge in [-0.25, -0.2) is 0 Å². The Morgan fingerprint density at radius 3 is 2.37 bits per heavy atom. The van der Waals surface area contributed by atoms with Gasteiger partial charge in [0.1, 0.15) is 5.75 Å². The lowest BCUT2D eigenvalue weighted by Gasteiger charge is -2.07. The number of para-hydroxylation sites is 1. The average Bonchev–Trinajstić information content (AvgIpc) is 3.11. The molecule has 140 valence electrons. The predicted molar refractivity (Wildman–Crippen MR) is 111 cm³/mol. The van der Waals surface area contributed by atoms with Crippen molar-refractivity contribution in [3.63, 3.8) is 0 Å². The highest BCUT2D eigenvalue weighted by molar-refractivity contribution is 5.79. The number of hydrogen-bond acceptors (Lipinski definition) is 2. The van der Waals surface area contributed by atoms with Gasteiger partial charge in [-0.2, -0.15) is 5.26 Å². The minimum Gasteiger partial charge on any atom is -0.494 e. The highest BCUT2D eigenvalue weighted by Crippen LogP contribution is 2.17. The molecule has 0 saturated carbocycles. The molecule has 0 aliphatic heterocycles. The lowest BCUT2D eigenvalue weighted by atomic mass is 10.1. The number of unbranched alkanes of at least 4 members (excludes halogenated alkanes) is 5. The Labute approximate surface area is 162 Å². The number of rotatable bonds is 11. The van der Waals surface area contributed by atoms with Gasteiger partial charge in [-0.1, -0.05) is 56.0 Å². The number of aryl methyl sites for hydroxylation is 1. The highest BCUT2D eigenvalue weighted by atomic mass is 16.5. The van der Waals surface area contributed by atoms with Gasteiger partial charge in [-0.05, 0) is 48.1 Å². The fourth-order valence-electron chi connectivity index (χ4n) is 3.41. The van der Waals surface area contributed by atoms with E-state index in [4.69, 9.17) is 10.00 Å². The van der Waals surface area contributed by atoms with Crippen molar-refractivity contribution in [3.8, 4) is 11.8 Å². The van der Waals surface area contributed by atoms with Crippen LogP contribution in [0.2, 0.25) is 0 Å². The van der Waals surface area contributed by atoms with Gasteiger partial charge < -0.3 is 9.30 Å². The van der Waals surface area contributed by atoms with Crippen LogP contribution >= 0.6 is 0 Å². The minimum absolute atomic E-state index is 0.459. The fourth-order valence-corrected chi connectivity index (χ4v) is 3.41. The first-order valence-electron chi connectivity index (χ1n) is 9.99. The van der Waals surface area contributed by atoms with E-state index in [1.807, 2.05) is 24.3 Å². The quantitative estimate of drug-likeness (QED) is 0.386. The molecule has 0 amide bonds. The molecule has 0 radical (unpaired) electrons. The van der Waals surface area contributed by atoms with E-state index < -0.39 is 0 Å². The van der Waals surface area contributed by atoms with Gasteiger partial charge in [-0.15, -0.1) is 0 Å². The Kier molecular flexibility index (Phi) is 7.35. The van der Waals surface area contributed by atoms with Crippen molar-refractivity contribution in [2.24, 2.45) is 0 Å². The summed E-state index contributed by atoms with van der Waals surface area (Å²) in [4.78, 5) is 0. The molecule has 1 heterocycles. The van der Waals surface area contributed by atoms with E-state index in [0.29, 0.717) is 6.42 Å². The van der Waals surface area contributed by atoms with Gasteiger partial charge >= 0.3 is 0 Å². The molecular formula is C24H28N2O. The Hall–Kier alpha value is -2.73. The van der Waals surface area contributed by atoms with Crippen LogP contribution in [0.25, 0.3) is 10.9 Å². The van der Waals surface area contributed by atoms with E-state index in [1.54, 1.807) is 0 Å². The van der Waals surface area contributed by atoms with Crippen molar-refractivity contribution in [2.45, 2.75) is 51.5 Å². The molecule has 0 N–H and O–H groups in total. The first kappa shape index (κ1) is 19.0. The molecule has 0 unspecified atom stereocenters. The SMILES string of the molecule is N#CCc1ccc(OCCCCCCCCn2ccc3ccccc32)cc1. The Balaban J connectivity index is 1.22. The Morgan fingerprint density at radius 1 is 0.815 bits per heavy atom. The fraction of sp³-hybridized carbons (Fsp3) is 0.375. The van der Waals surface area contributed by atoms with E-state index in [2.05, 4.69) is 47.2 Å². The standard InChI is InChI=1S/C24H28N2O/c25-17-15-21-11-13-23(14-12-21)27-20-8-4-2-1-3-7-18-26-19-16-22-9-5-6-10-24(22)26/h5-6,9-14,16,19H,1-4,7-8,15,18,20H2. The van der Waals surface area contributed by atoms with Gasteiger partial charge in [0.2, 0.25) is 0 Å². The summed E-state index contributed by atoms with van der Waals surface area (Å²) in [5.41, 5.74) is 2.38. The number of nitriles is 1. The molecule has 3 aromatic rings. The molecule has 0 saturated heterocycles. The van der Waals surface area contributed by atoms with Crippen LogP contribution in [0.3, 0.4) is 0 Å². The summed E-state index contributed by atoms with van der Waals surface area (Å²) in [6, 6.07) is 20.8. The monoisotopic (exact) mass is 360 g/mol. The maximum absolute atomic E-state index is 8.67. The zero-order valence-electron chi connectivity index (χ0n) is 15.9. The molecule has 0 aliphatic rings. The van der Waals surface area contributed by atoms with E-state index in [0.717, 1.165) is 30.9 Å². The maximum Gasteiger partial charge on any atom is 0.119 e. The van der Waals surface area contributed by atoms with Crippen molar-refractivity contribution in [1.82, 2.24) is 4.57 Å². The first-order chi connectivity index (χ1) is 13.4. The second-order valence-corrected chi connectivity index (χ2v) is 7.02. The van der Waals surface area contributed by atoms with E-state index in [-0.39, 0.29) is 0 Å². The van der Waals surface area contributed by atoms with Gasteiger partial charge in [-0.3, -0.25) is 0 Å². The second kappa shape index (κ2) is 10.4. The third-order valence-electron chi connectivity index (χ3n) is 4.95. The molecule has 3 nitrogen and oxygen atoms in total. The third-order valence-corrected chi connectivity index (χ3v) is 4.95. The number of hydrogen-bond donors (Lipinski definition) is 0. The van der Waals surface area contributed by atoms with Crippen LogP contribution in [0, 0.1) is 11.3 Å². The Morgan fingerprint density at radius 2 is 1.56 bits per heavy atom. The summed E-state index contributed by atoms with van der Waals surface area (Å²) < 4.78 is 8.14. The van der Waals surface area contributed by atoms with Crippen molar-refractivity contribution < 1.29 is 4.74 Å². The summed E-state index contributed by atoms with van der Waals surface area (Å²) in [5.74, 6) is 0.899. The Bertz CT molecular complexity index is 858. The third kappa shape index (κ3) is 5.89. The molecule has 0 spiro atoms.